The van der Waals surface area contributed by atoms with Crippen molar-refractivity contribution in [3.05, 3.63) is 47.4 Å². The zero-order valence-corrected chi connectivity index (χ0v) is 12.0. The Balaban J connectivity index is 2.33. The molecule has 0 aliphatic carbocycles. The van der Waals surface area contributed by atoms with Crippen LogP contribution in [-0.2, 0) is 10.0 Å². The van der Waals surface area contributed by atoms with Gasteiger partial charge in [0.05, 0.1) is 10.7 Å². The van der Waals surface area contributed by atoms with Gasteiger partial charge in [-0.1, -0.05) is 17.7 Å². The predicted molar refractivity (Wildman–Crippen MR) is 76.0 cm³/mol. The third-order valence-corrected chi connectivity index (χ3v) is 4.08. The van der Waals surface area contributed by atoms with Crippen molar-refractivity contribution < 1.29 is 12.8 Å². The highest BCUT2D eigenvalue weighted by Gasteiger charge is 2.16. The van der Waals surface area contributed by atoms with Crippen LogP contribution in [0.1, 0.15) is 0 Å². The summed E-state index contributed by atoms with van der Waals surface area (Å²) in [6, 6.07) is 6.41. The van der Waals surface area contributed by atoms with Gasteiger partial charge in [-0.15, -0.1) is 0 Å². The standard InChI is InChI=1S/C12H11ClFN3O2S/c1-15-12-11(13)6-10(7-16-12)20(18,19)17-9-4-2-3-8(14)5-9/h2-7,17H,1H3,(H,15,16). The average Bonchev–Trinajstić information content (AvgIpc) is 2.38. The quantitative estimate of drug-likeness (QED) is 0.910. The molecule has 0 amide bonds. The Morgan fingerprint density at radius 2 is 2.05 bits per heavy atom. The summed E-state index contributed by atoms with van der Waals surface area (Å²) >= 11 is 5.89. The Bertz CT molecular complexity index is 737. The van der Waals surface area contributed by atoms with E-state index < -0.39 is 15.8 Å². The predicted octanol–water partition coefficient (Wildman–Crippen LogP) is 2.72. The molecule has 0 fully saturated rings. The minimum absolute atomic E-state index is 0.106. The Kier molecular flexibility index (Phi) is 4.10. The molecule has 0 aliphatic heterocycles. The normalized spacial score (nSPS) is 11.2. The Morgan fingerprint density at radius 1 is 1.30 bits per heavy atom. The van der Waals surface area contributed by atoms with Crippen molar-refractivity contribution in [1.82, 2.24) is 4.98 Å². The van der Waals surface area contributed by atoms with Crippen LogP contribution < -0.4 is 10.0 Å². The smallest absolute Gasteiger partial charge is 0.263 e. The molecule has 0 saturated heterocycles. The Morgan fingerprint density at radius 3 is 2.65 bits per heavy atom. The van der Waals surface area contributed by atoms with Crippen molar-refractivity contribution in [3.8, 4) is 0 Å². The summed E-state index contributed by atoms with van der Waals surface area (Å²) in [5.74, 6) is -0.164. The maximum absolute atomic E-state index is 13.0. The number of rotatable bonds is 4. The van der Waals surface area contributed by atoms with Crippen molar-refractivity contribution in [2.24, 2.45) is 0 Å². The summed E-state index contributed by atoms with van der Waals surface area (Å²) in [5.41, 5.74) is 0.124. The van der Waals surface area contributed by atoms with E-state index >= 15 is 0 Å². The largest absolute Gasteiger partial charge is 0.372 e. The van der Waals surface area contributed by atoms with Gasteiger partial charge in [0, 0.05) is 13.2 Å². The molecule has 0 unspecified atom stereocenters. The van der Waals surface area contributed by atoms with Crippen LogP contribution in [0.5, 0.6) is 0 Å². The third kappa shape index (κ3) is 3.17. The fraction of sp³-hybridized carbons (Fsp3) is 0.0833. The lowest BCUT2D eigenvalue weighted by molar-refractivity contribution is 0.600. The molecular weight excluding hydrogens is 305 g/mol. The van der Waals surface area contributed by atoms with Crippen molar-refractivity contribution in [1.29, 1.82) is 0 Å². The van der Waals surface area contributed by atoms with Gasteiger partial charge in [0.25, 0.3) is 10.0 Å². The molecule has 0 radical (unpaired) electrons. The van der Waals surface area contributed by atoms with E-state index in [1.165, 1.54) is 30.5 Å². The average molecular weight is 316 g/mol. The minimum Gasteiger partial charge on any atom is -0.372 e. The highest BCUT2D eigenvalue weighted by atomic mass is 35.5. The number of nitrogens with one attached hydrogen (secondary N) is 2. The first-order valence-corrected chi connectivity index (χ1v) is 7.40. The number of anilines is 2. The molecule has 5 nitrogen and oxygen atoms in total. The Labute approximate surface area is 120 Å². The van der Waals surface area contributed by atoms with Gasteiger partial charge in [0.2, 0.25) is 0 Å². The highest BCUT2D eigenvalue weighted by Crippen LogP contribution is 2.23. The van der Waals surface area contributed by atoms with Crippen molar-refractivity contribution in [2.75, 3.05) is 17.1 Å². The molecule has 1 aromatic carbocycles. The van der Waals surface area contributed by atoms with Crippen molar-refractivity contribution >= 4 is 33.1 Å². The molecule has 20 heavy (non-hydrogen) atoms. The molecule has 1 heterocycles. The molecule has 106 valence electrons. The molecule has 2 N–H and O–H groups in total. The lowest BCUT2D eigenvalue weighted by atomic mass is 10.3. The van der Waals surface area contributed by atoms with Gasteiger partial charge in [-0.3, -0.25) is 4.72 Å². The van der Waals surface area contributed by atoms with Crippen molar-refractivity contribution in [3.63, 3.8) is 0 Å². The number of nitrogens with zero attached hydrogens (tertiary/aromatic N) is 1. The summed E-state index contributed by atoms with van der Waals surface area (Å²) < 4.78 is 39.5. The maximum Gasteiger partial charge on any atom is 0.263 e. The summed E-state index contributed by atoms with van der Waals surface area (Å²) in [7, 11) is -2.25. The van der Waals surface area contributed by atoms with Gasteiger partial charge in [-0.25, -0.2) is 17.8 Å². The van der Waals surface area contributed by atoms with Crippen LogP contribution in [0, 0.1) is 5.82 Å². The molecule has 0 spiro atoms. The summed E-state index contributed by atoms with van der Waals surface area (Å²) in [4.78, 5) is 3.78. The number of sulfonamides is 1. The molecule has 0 saturated carbocycles. The molecule has 0 atom stereocenters. The van der Waals surface area contributed by atoms with E-state index in [9.17, 15) is 12.8 Å². The van der Waals surface area contributed by atoms with Crippen LogP contribution in [0.3, 0.4) is 0 Å². The van der Waals surface area contributed by atoms with Gasteiger partial charge in [-0.2, -0.15) is 0 Å². The van der Waals surface area contributed by atoms with E-state index in [1.807, 2.05) is 0 Å². The number of hydrogen-bond donors (Lipinski definition) is 2. The number of hydrogen-bond acceptors (Lipinski definition) is 4. The van der Waals surface area contributed by atoms with Gasteiger partial charge in [0.1, 0.15) is 16.5 Å². The summed E-state index contributed by atoms with van der Waals surface area (Å²) in [6.45, 7) is 0. The zero-order chi connectivity index (χ0) is 14.8. The monoisotopic (exact) mass is 315 g/mol. The highest BCUT2D eigenvalue weighted by molar-refractivity contribution is 7.92. The number of benzene rings is 1. The van der Waals surface area contributed by atoms with Gasteiger partial charge in [0.15, 0.2) is 0 Å². The summed E-state index contributed by atoms with van der Waals surface area (Å²) in [6.07, 6.45) is 1.17. The van der Waals surface area contributed by atoms with E-state index in [2.05, 4.69) is 15.0 Å². The number of aromatic nitrogens is 1. The minimum atomic E-state index is -3.87. The fourth-order valence-corrected chi connectivity index (χ4v) is 2.86. The third-order valence-electron chi connectivity index (χ3n) is 2.44. The topological polar surface area (TPSA) is 71.1 Å². The second-order valence-electron chi connectivity index (χ2n) is 3.87. The molecule has 0 aliphatic rings. The Hall–Kier alpha value is -1.86. The lowest BCUT2D eigenvalue weighted by Crippen LogP contribution is -2.13. The van der Waals surface area contributed by atoms with Gasteiger partial charge < -0.3 is 5.32 Å². The maximum atomic E-state index is 13.0. The fourth-order valence-electron chi connectivity index (χ4n) is 1.52. The van der Waals surface area contributed by atoms with E-state index in [-0.39, 0.29) is 15.6 Å². The van der Waals surface area contributed by atoms with Crippen LogP contribution in [0.4, 0.5) is 15.9 Å². The van der Waals surface area contributed by atoms with E-state index in [0.717, 1.165) is 6.07 Å². The van der Waals surface area contributed by atoms with Crippen molar-refractivity contribution in [2.45, 2.75) is 4.90 Å². The molecule has 2 rings (SSSR count). The molecular formula is C12H11ClFN3O2S. The summed E-state index contributed by atoms with van der Waals surface area (Å²) in [5, 5.41) is 2.90. The van der Waals surface area contributed by atoms with Crippen LogP contribution in [-0.4, -0.2) is 20.4 Å². The first-order valence-electron chi connectivity index (χ1n) is 5.54. The molecule has 0 bridgehead atoms. The second-order valence-corrected chi connectivity index (χ2v) is 5.96. The number of pyridine rings is 1. The SMILES string of the molecule is CNc1ncc(S(=O)(=O)Nc2cccc(F)c2)cc1Cl. The first kappa shape index (κ1) is 14.5. The van der Waals surface area contributed by atoms with Crippen LogP contribution in [0.15, 0.2) is 41.4 Å². The molecule has 2 aromatic rings. The van der Waals surface area contributed by atoms with Crippen LogP contribution >= 0.6 is 11.6 Å². The first-order chi connectivity index (χ1) is 9.42. The van der Waals surface area contributed by atoms with E-state index in [1.54, 1.807) is 7.05 Å². The van der Waals surface area contributed by atoms with Gasteiger partial charge >= 0.3 is 0 Å². The van der Waals surface area contributed by atoms with Crippen LogP contribution in [0.25, 0.3) is 0 Å². The molecule has 1 aromatic heterocycles. The zero-order valence-electron chi connectivity index (χ0n) is 10.4. The van der Waals surface area contributed by atoms with Gasteiger partial charge in [-0.05, 0) is 24.3 Å². The van der Waals surface area contributed by atoms with E-state index in [0.29, 0.717) is 5.82 Å². The van der Waals surface area contributed by atoms with Crippen LogP contribution in [0.2, 0.25) is 5.02 Å². The second kappa shape index (κ2) is 5.64. The molecule has 8 heteroatoms. The number of halogens is 2. The van der Waals surface area contributed by atoms with E-state index in [4.69, 9.17) is 11.6 Å². The lowest BCUT2D eigenvalue weighted by Gasteiger charge is -2.09.